The van der Waals surface area contributed by atoms with Crippen molar-refractivity contribution < 1.29 is 8.42 Å². The maximum Gasteiger partial charge on any atom is 0.244 e. The zero-order chi connectivity index (χ0) is 14.4. The van der Waals surface area contributed by atoms with E-state index in [4.69, 9.17) is 0 Å². The van der Waals surface area contributed by atoms with Crippen LogP contribution in [0.15, 0.2) is 23.4 Å². The van der Waals surface area contributed by atoms with Gasteiger partial charge in [0.05, 0.1) is 5.69 Å². The number of thioether (sulfide) groups is 1. The molecule has 0 saturated carbocycles. The second-order valence-electron chi connectivity index (χ2n) is 4.88. The molecule has 1 aliphatic heterocycles. The molecule has 1 atom stereocenters. The molecular weight excluding hydrogens is 294 g/mol. The van der Waals surface area contributed by atoms with Crippen LogP contribution in [0.25, 0.3) is 0 Å². The van der Waals surface area contributed by atoms with Crippen molar-refractivity contribution in [3.63, 3.8) is 0 Å². The van der Waals surface area contributed by atoms with Gasteiger partial charge >= 0.3 is 0 Å². The average molecular weight is 315 g/mol. The molecule has 0 aromatic carbocycles. The van der Waals surface area contributed by atoms with Gasteiger partial charge in [-0.2, -0.15) is 11.8 Å². The molecule has 7 heteroatoms. The fourth-order valence-electron chi connectivity index (χ4n) is 2.05. The van der Waals surface area contributed by atoms with E-state index in [1.165, 1.54) is 6.20 Å². The summed E-state index contributed by atoms with van der Waals surface area (Å²) in [6.07, 6.45) is 5.03. The van der Waals surface area contributed by atoms with Gasteiger partial charge in [0.1, 0.15) is 4.90 Å². The molecule has 0 amide bonds. The molecule has 2 heterocycles. The molecule has 2 N–H and O–H groups in total. The largest absolute Gasteiger partial charge is 0.384 e. The first-order valence-electron chi connectivity index (χ1n) is 6.88. The molecule has 20 heavy (non-hydrogen) atoms. The third kappa shape index (κ3) is 4.10. The van der Waals surface area contributed by atoms with Crippen molar-refractivity contribution in [3.05, 3.63) is 18.5 Å². The number of anilines is 1. The minimum Gasteiger partial charge on any atom is -0.384 e. The Labute approximate surface area is 125 Å². The first kappa shape index (κ1) is 15.6. The third-order valence-corrected chi connectivity index (χ3v) is 5.91. The van der Waals surface area contributed by atoms with E-state index in [0.29, 0.717) is 18.2 Å². The van der Waals surface area contributed by atoms with Crippen LogP contribution in [0.4, 0.5) is 5.69 Å². The number of nitrogens with one attached hydrogen (secondary N) is 2. The fourth-order valence-corrected chi connectivity index (χ4v) is 4.57. The zero-order valence-corrected chi connectivity index (χ0v) is 13.3. The van der Waals surface area contributed by atoms with Gasteiger partial charge in [0.25, 0.3) is 0 Å². The molecule has 1 saturated heterocycles. The van der Waals surface area contributed by atoms with Crippen molar-refractivity contribution in [1.82, 2.24) is 9.71 Å². The van der Waals surface area contributed by atoms with Gasteiger partial charge in [-0.1, -0.05) is 6.92 Å². The van der Waals surface area contributed by atoms with Gasteiger partial charge in [-0.25, -0.2) is 13.1 Å². The Balaban J connectivity index is 2.07. The van der Waals surface area contributed by atoms with Gasteiger partial charge < -0.3 is 5.32 Å². The topological polar surface area (TPSA) is 71.1 Å². The molecule has 112 valence electrons. The van der Waals surface area contributed by atoms with Gasteiger partial charge in [0, 0.05) is 25.5 Å². The van der Waals surface area contributed by atoms with E-state index in [2.05, 4.69) is 15.0 Å². The van der Waals surface area contributed by atoms with Gasteiger partial charge in [0.15, 0.2) is 0 Å². The maximum absolute atomic E-state index is 12.4. The first-order valence-corrected chi connectivity index (χ1v) is 9.52. The maximum atomic E-state index is 12.4. The summed E-state index contributed by atoms with van der Waals surface area (Å²) in [5, 5.41) is 3.13. The molecule has 0 spiro atoms. The normalized spacial score (nSPS) is 19.1. The number of hydrogen-bond donors (Lipinski definition) is 2. The minimum absolute atomic E-state index is 0.235. The molecule has 1 unspecified atom stereocenters. The van der Waals surface area contributed by atoms with E-state index >= 15 is 0 Å². The molecule has 2 rings (SSSR count). The summed E-state index contributed by atoms with van der Waals surface area (Å²) >= 11 is 1.88. The number of aromatic nitrogens is 1. The molecule has 0 bridgehead atoms. The Morgan fingerprint density at radius 1 is 1.50 bits per heavy atom. The van der Waals surface area contributed by atoms with Crippen LogP contribution in [0.5, 0.6) is 0 Å². The summed E-state index contributed by atoms with van der Waals surface area (Å²) < 4.78 is 27.5. The number of sulfonamides is 1. The SMILES string of the molecule is CCCNc1ccncc1S(=O)(=O)NCC1CCSC1. The predicted molar refractivity (Wildman–Crippen MR) is 83.6 cm³/mol. The van der Waals surface area contributed by atoms with Crippen molar-refractivity contribution in [3.8, 4) is 0 Å². The lowest BCUT2D eigenvalue weighted by Crippen LogP contribution is -2.30. The standard InChI is InChI=1S/C13H21N3O2S2/c1-2-5-15-12-3-6-14-9-13(12)20(17,18)16-8-11-4-7-19-10-11/h3,6,9,11,16H,2,4-5,7-8,10H2,1H3,(H,14,15). The molecule has 0 radical (unpaired) electrons. The third-order valence-electron chi connectivity index (χ3n) is 3.23. The lowest BCUT2D eigenvalue weighted by molar-refractivity contribution is 0.545. The highest BCUT2D eigenvalue weighted by molar-refractivity contribution is 7.99. The van der Waals surface area contributed by atoms with E-state index in [1.54, 1.807) is 12.3 Å². The second-order valence-corrected chi connectivity index (χ2v) is 7.77. The Kier molecular flexibility index (Phi) is 5.68. The molecule has 1 aliphatic rings. The fraction of sp³-hybridized carbons (Fsp3) is 0.615. The summed E-state index contributed by atoms with van der Waals surface area (Å²) in [5.41, 5.74) is 0.621. The van der Waals surface area contributed by atoms with Crippen LogP contribution in [0, 0.1) is 5.92 Å². The van der Waals surface area contributed by atoms with Crippen LogP contribution >= 0.6 is 11.8 Å². The molecular formula is C13H21N3O2S2. The Morgan fingerprint density at radius 2 is 2.35 bits per heavy atom. The quantitative estimate of drug-likeness (QED) is 0.804. The summed E-state index contributed by atoms with van der Waals surface area (Å²) in [4.78, 5) is 4.17. The van der Waals surface area contributed by atoms with Crippen LogP contribution < -0.4 is 10.0 Å². The lowest BCUT2D eigenvalue weighted by Gasteiger charge is -2.14. The van der Waals surface area contributed by atoms with E-state index in [0.717, 1.165) is 30.9 Å². The van der Waals surface area contributed by atoms with Crippen LogP contribution in [0.1, 0.15) is 19.8 Å². The Morgan fingerprint density at radius 3 is 3.05 bits per heavy atom. The first-order chi connectivity index (χ1) is 9.63. The minimum atomic E-state index is -3.49. The molecule has 5 nitrogen and oxygen atoms in total. The van der Waals surface area contributed by atoms with Crippen LogP contribution in [0.2, 0.25) is 0 Å². The molecule has 1 fully saturated rings. The number of pyridine rings is 1. The summed E-state index contributed by atoms with van der Waals surface area (Å²) in [6.45, 7) is 3.29. The van der Waals surface area contributed by atoms with Gasteiger partial charge in [-0.3, -0.25) is 4.98 Å². The van der Waals surface area contributed by atoms with Crippen molar-refractivity contribution in [2.75, 3.05) is 29.9 Å². The van der Waals surface area contributed by atoms with E-state index in [1.807, 2.05) is 18.7 Å². The number of hydrogen-bond acceptors (Lipinski definition) is 5. The number of rotatable bonds is 7. The average Bonchev–Trinajstić information content (AvgIpc) is 2.97. The van der Waals surface area contributed by atoms with E-state index in [9.17, 15) is 8.42 Å². The molecule has 0 aliphatic carbocycles. The summed E-state index contributed by atoms with van der Waals surface area (Å²) in [6, 6.07) is 1.70. The Bertz CT molecular complexity index is 528. The predicted octanol–water partition coefficient (Wildman–Crippen LogP) is 1.93. The highest BCUT2D eigenvalue weighted by atomic mass is 32.2. The Hall–Kier alpha value is -0.790. The van der Waals surface area contributed by atoms with Gasteiger partial charge in [0.2, 0.25) is 10.0 Å². The molecule has 1 aromatic rings. The monoisotopic (exact) mass is 315 g/mol. The molecule has 1 aromatic heterocycles. The second kappa shape index (κ2) is 7.28. The number of nitrogens with zero attached hydrogens (tertiary/aromatic N) is 1. The van der Waals surface area contributed by atoms with Crippen LogP contribution in [-0.2, 0) is 10.0 Å². The van der Waals surface area contributed by atoms with Gasteiger partial charge in [-0.15, -0.1) is 0 Å². The van der Waals surface area contributed by atoms with Crippen LogP contribution in [-0.4, -0.2) is 38.0 Å². The van der Waals surface area contributed by atoms with E-state index < -0.39 is 10.0 Å². The van der Waals surface area contributed by atoms with Crippen LogP contribution in [0.3, 0.4) is 0 Å². The van der Waals surface area contributed by atoms with E-state index in [-0.39, 0.29) is 4.90 Å². The highest BCUT2D eigenvalue weighted by Gasteiger charge is 2.22. The lowest BCUT2D eigenvalue weighted by atomic mass is 10.1. The summed E-state index contributed by atoms with van der Waals surface area (Å²) in [5.74, 6) is 2.61. The van der Waals surface area contributed by atoms with Gasteiger partial charge in [-0.05, 0) is 36.3 Å². The smallest absolute Gasteiger partial charge is 0.244 e. The summed E-state index contributed by atoms with van der Waals surface area (Å²) in [7, 11) is -3.49. The van der Waals surface area contributed by atoms with Crippen molar-refractivity contribution in [1.29, 1.82) is 0 Å². The highest BCUT2D eigenvalue weighted by Crippen LogP contribution is 2.24. The van der Waals surface area contributed by atoms with Crippen molar-refractivity contribution in [2.24, 2.45) is 5.92 Å². The zero-order valence-electron chi connectivity index (χ0n) is 11.6. The van der Waals surface area contributed by atoms with Crippen molar-refractivity contribution >= 4 is 27.5 Å². The van der Waals surface area contributed by atoms with Crippen molar-refractivity contribution in [2.45, 2.75) is 24.7 Å².